The number of rotatable bonds is 5. The number of aromatic nitrogens is 3. The molecule has 0 bridgehead atoms. The molecule has 2 aromatic rings. The minimum Gasteiger partial charge on any atom is -0.403 e. The fraction of sp³-hybridized carbons (Fsp3) is 0.182. The first-order chi connectivity index (χ1) is 9.60. The third-order valence-corrected chi connectivity index (χ3v) is 2.35. The molecule has 106 valence electrons. The molecule has 9 heteroatoms. The molecular weight excluding hydrogens is 268 g/mol. The van der Waals surface area contributed by atoms with E-state index in [2.05, 4.69) is 25.3 Å². The number of fused-ring (bicyclic) bond motifs is 1. The van der Waals surface area contributed by atoms with Crippen LogP contribution in [-0.2, 0) is 0 Å². The molecule has 6 N–H and O–H groups in total. The van der Waals surface area contributed by atoms with E-state index in [1.807, 2.05) is 0 Å². The maximum atomic E-state index is 12.0. The zero-order chi connectivity index (χ0) is 14.5. The molecule has 0 amide bonds. The normalized spacial score (nSPS) is 12.7. The van der Waals surface area contributed by atoms with Crippen molar-refractivity contribution in [2.24, 2.45) is 10.7 Å². The molecule has 0 radical (unpaired) electrons. The van der Waals surface area contributed by atoms with Crippen LogP contribution in [-0.4, -0.2) is 34.1 Å². The van der Waals surface area contributed by atoms with Gasteiger partial charge in [-0.3, -0.25) is 4.99 Å². The molecule has 0 saturated heterocycles. The molecule has 2 aromatic heterocycles. The summed E-state index contributed by atoms with van der Waals surface area (Å²) in [4.78, 5) is 14.6. The summed E-state index contributed by atoms with van der Waals surface area (Å²) >= 11 is 0. The first kappa shape index (κ1) is 13.7. The summed E-state index contributed by atoms with van der Waals surface area (Å²) < 4.78 is 24.0. The van der Waals surface area contributed by atoms with E-state index in [1.165, 1.54) is 12.4 Å². The number of nitrogens with zero attached hydrogens (tertiary/aromatic N) is 3. The number of nitrogens with one attached hydrogen (secondary N) is 2. The zero-order valence-corrected chi connectivity index (χ0v) is 10.3. The van der Waals surface area contributed by atoms with Crippen LogP contribution in [0, 0.1) is 0 Å². The van der Waals surface area contributed by atoms with E-state index >= 15 is 0 Å². The van der Waals surface area contributed by atoms with Gasteiger partial charge in [0.05, 0.1) is 17.6 Å². The summed E-state index contributed by atoms with van der Waals surface area (Å²) in [6.07, 6.45) is 1.54. The van der Waals surface area contributed by atoms with Crippen LogP contribution in [0.2, 0.25) is 0 Å². The molecule has 2 rings (SSSR count). The van der Waals surface area contributed by atoms with E-state index in [-0.39, 0.29) is 11.6 Å². The van der Waals surface area contributed by atoms with Gasteiger partial charge in [0.25, 0.3) is 6.43 Å². The molecular formula is C11H13F2N7. The number of nitrogen functional groups attached to an aromatic ring is 1. The van der Waals surface area contributed by atoms with Gasteiger partial charge in [-0.05, 0) is 6.07 Å². The van der Waals surface area contributed by atoms with Gasteiger partial charge in [-0.15, -0.1) is 0 Å². The fourth-order valence-electron chi connectivity index (χ4n) is 1.50. The minimum absolute atomic E-state index is 0.192. The van der Waals surface area contributed by atoms with Crippen molar-refractivity contribution in [2.75, 3.05) is 17.6 Å². The van der Waals surface area contributed by atoms with E-state index in [0.29, 0.717) is 16.9 Å². The van der Waals surface area contributed by atoms with Gasteiger partial charge in [-0.1, -0.05) is 0 Å². The standard InChI is InChI=1S/C11H13F2N7/c12-8(13)5-16-4-6(3-14)18-11-19-9(15)7-1-2-17-10(7)20-11/h1-4,8H,5,14H2,(H4,15,17,18,19,20). The van der Waals surface area contributed by atoms with Gasteiger partial charge in [0.15, 0.2) is 0 Å². The molecule has 0 atom stereocenters. The Kier molecular flexibility index (Phi) is 4.08. The Hall–Kier alpha value is -2.71. The quantitative estimate of drug-likeness (QED) is 0.612. The number of aliphatic imine (C=N–C) groups is 1. The Balaban J connectivity index is 2.15. The summed E-state index contributed by atoms with van der Waals surface area (Å²) in [5.41, 5.74) is 12.0. The highest BCUT2D eigenvalue weighted by Crippen LogP contribution is 2.18. The van der Waals surface area contributed by atoms with Crippen molar-refractivity contribution in [2.45, 2.75) is 6.43 Å². The molecule has 0 fully saturated rings. The predicted octanol–water partition coefficient (Wildman–Crippen LogP) is 1.09. The van der Waals surface area contributed by atoms with Gasteiger partial charge in [0, 0.05) is 18.6 Å². The number of aromatic amines is 1. The molecule has 0 aliphatic rings. The largest absolute Gasteiger partial charge is 0.403 e. The molecule has 0 unspecified atom stereocenters. The van der Waals surface area contributed by atoms with E-state index in [4.69, 9.17) is 11.5 Å². The average molecular weight is 281 g/mol. The van der Waals surface area contributed by atoms with Crippen LogP contribution in [0.3, 0.4) is 0 Å². The molecule has 0 aliphatic heterocycles. The van der Waals surface area contributed by atoms with E-state index < -0.39 is 13.0 Å². The van der Waals surface area contributed by atoms with Crippen LogP contribution in [0.5, 0.6) is 0 Å². The van der Waals surface area contributed by atoms with Crippen molar-refractivity contribution in [3.8, 4) is 0 Å². The number of hydrogen-bond donors (Lipinski definition) is 4. The fourth-order valence-corrected chi connectivity index (χ4v) is 1.50. The number of halogens is 2. The lowest BCUT2D eigenvalue weighted by atomic mass is 10.4. The van der Waals surface area contributed by atoms with Crippen LogP contribution in [0.25, 0.3) is 11.0 Å². The third kappa shape index (κ3) is 3.19. The van der Waals surface area contributed by atoms with Crippen LogP contribution in [0.1, 0.15) is 0 Å². The van der Waals surface area contributed by atoms with Gasteiger partial charge >= 0.3 is 0 Å². The van der Waals surface area contributed by atoms with Crippen LogP contribution < -0.4 is 16.8 Å². The lowest BCUT2D eigenvalue weighted by Gasteiger charge is -2.05. The van der Waals surface area contributed by atoms with Crippen molar-refractivity contribution in [1.29, 1.82) is 0 Å². The van der Waals surface area contributed by atoms with Crippen molar-refractivity contribution in [3.63, 3.8) is 0 Å². The van der Waals surface area contributed by atoms with Crippen LogP contribution >= 0.6 is 0 Å². The molecule has 0 aliphatic carbocycles. The number of hydrogen-bond acceptors (Lipinski definition) is 6. The Morgan fingerprint density at radius 2 is 2.30 bits per heavy atom. The first-order valence-corrected chi connectivity index (χ1v) is 5.67. The second kappa shape index (κ2) is 5.95. The van der Waals surface area contributed by atoms with Crippen molar-refractivity contribution in [3.05, 3.63) is 24.2 Å². The SMILES string of the molecule is NC=C(C=NCC(F)F)Nc1nc(N)c2cc[nH]c2n1. The molecule has 0 saturated carbocycles. The van der Waals surface area contributed by atoms with Gasteiger partial charge < -0.3 is 21.8 Å². The molecule has 0 aromatic carbocycles. The van der Waals surface area contributed by atoms with Crippen LogP contribution in [0.15, 0.2) is 29.2 Å². The number of allylic oxidation sites excluding steroid dienone is 1. The molecule has 7 nitrogen and oxygen atoms in total. The maximum Gasteiger partial charge on any atom is 0.257 e. The highest BCUT2D eigenvalue weighted by Gasteiger charge is 2.06. The Morgan fingerprint density at radius 1 is 1.50 bits per heavy atom. The highest BCUT2D eigenvalue weighted by atomic mass is 19.3. The topological polar surface area (TPSA) is 118 Å². The highest BCUT2D eigenvalue weighted by molar-refractivity contribution is 5.88. The predicted molar refractivity (Wildman–Crippen MR) is 73.6 cm³/mol. The number of nitrogens with two attached hydrogens (primary N) is 2. The van der Waals surface area contributed by atoms with Gasteiger partial charge in [-0.25, -0.2) is 8.78 Å². The van der Waals surface area contributed by atoms with E-state index in [9.17, 15) is 8.78 Å². The average Bonchev–Trinajstić information content (AvgIpc) is 2.86. The number of H-pyrrole nitrogens is 1. The van der Waals surface area contributed by atoms with Crippen molar-refractivity contribution in [1.82, 2.24) is 15.0 Å². The van der Waals surface area contributed by atoms with Gasteiger partial charge in [-0.2, -0.15) is 9.97 Å². The Bertz CT molecular complexity index is 647. The maximum absolute atomic E-state index is 12.0. The monoisotopic (exact) mass is 281 g/mol. The summed E-state index contributed by atoms with van der Waals surface area (Å²) in [7, 11) is 0. The second-order valence-corrected chi connectivity index (χ2v) is 3.80. The van der Waals surface area contributed by atoms with Crippen LogP contribution in [0.4, 0.5) is 20.5 Å². The van der Waals surface area contributed by atoms with Crippen molar-refractivity contribution < 1.29 is 8.78 Å². The lowest BCUT2D eigenvalue weighted by Crippen LogP contribution is -2.09. The molecule has 0 spiro atoms. The summed E-state index contributed by atoms with van der Waals surface area (Å²) in [5, 5.41) is 3.44. The summed E-state index contributed by atoms with van der Waals surface area (Å²) in [5.74, 6) is 0.484. The van der Waals surface area contributed by atoms with E-state index in [0.717, 1.165) is 0 Å². The summed E-state index contributed by atoms with van der Waals surface area (Å²) in [6, 6.07) is 1.75. The molecule has 20 heavy (non-hydrogen) atoms. The second-order valence-electron chi connectivity index (χ2n) is 3.80. The zero-order valence-electron chi connectivity index (χ0n) is 10.3. The van der Waals surface area contributed by atoms with E-state index in [1.54, 1.807) is 12.3 Å². The Morgan fingerprint density at radius 3 is 3.00 bits per heavy atom. The molecule has 2 heterocycles. The van der Waals surface area contributed by atoms with Gasteiger partial charge in [0.2, 0.25) is 5.95 Å². The lowest BCUT2D eigenvalue weighted by molar-refractivity contribution is 0.159. The summed E-state index contributed by atoms with van der Waals surface area (Å²) in [6.45, 7) is -0.600. The number of anilines is 2. The van der Waals surface area contributed by atoms with Gasteiger partial charge in [0.1, 0.15) is 11.5 Å². The first-order valence-electron chi connectivity index (χ1n) is 5.67. The Labute approximate surface area is 112 Å². The third-order valence-electron chi connectivity index (χ3n) is 2.35. The number of alkyl halides is 2. The van der Waals surface area contributed by atoms with Crippen molar-refractivity contribution >= 4 is 29.0 Å². The minimum atomic E-state index is -2.51. The smallest absolute Gasteiger partial charge is 0.257 e.